The second-order valence-corrected chi connectivity index (χ2v) is 7.32. The molecule has 0 bridgehead atoms. The van der Waals surface area contributed by atoms with Crippen LogP contribution >= 0.6 is 0 Å². The van der Waals surface area contributed by atoms with Gasteiger partial charge in [0.25, 0.3) is 0 Å². The zero-order valence-corrected chi connectivity index (χ0v) is 17.2. The Morgan fingerprint density at radius 2 is 1.86 bits per heavy atom. The molecule has 2 atom stereocenters. The van der Waals surface area contributed by atoms with E-state index in [-0.39, 0.29) is 30.2 Å². The van der Waals surface area contributed by atoms with E-state index in [1.54, 1.807) is 19.1 Å². The first-order valence-corrected chi connectivity index (χ1v) is 9.85. The molecule has 1 aliphatic rings. The van der Waals surface area contributed by atoms with Gasteiger partial charge in [0.05, 0.1) is 26.2 Å². The molecule has 0 aliphatic carbocycles. The van der Waals surface area contributed by atoms with E-state index in [1.165, 1.54) is 0 Å². The summed E-state index contributed by atoms with van der Waals surface area (Å²) in [5.74, 6) is 1.00. The lowest BCUT2D eigenvalue weighted by Gasteiger charge is -2.19. The smallest absolute Gasteiger partial charge is 0.225 e. The van der Waals surface area contributed by atoms with Gasteiger partial charge in [0.2, 0.25) is 11.8 Å². The summed E-state index contributed by atoms with van der Waals surface area (Å²) >= 11 is 0. The summed E-state index contributed by atoms with van der Waals surface area (Å²) in [6, 6.07) is 15.5. The molecule has 1 saturated heterocycles. The van der Waals surface area contributed by atoms with Crippen molar-refractivity contribution in [1.29, 1.82) is 0 Å². The normalized spacial score (nSPS) is 17.1. The first-order chi connectivity index (χ1) is 14.0. The van der Waals surface area contributed by atoms with E-state index < -0.39 is 0 Å². The van der Waals surface area contributed by atoms with Gasteiger partial charge in [-0.1, -0.05) is 36.4 Å². The predicted molar refractivity (Wildman–Crippen MR) is 111 cm³/mol. The highest BCUT2D eigenvalue weighted by molar-refractivity contribution is 5.89. The Labute approximate surface area is 171 Å². The number of nitrogens with zero attached hydrogens (tertiary/aromatic N) is 1. The number of hydrogen-bond acceptors (Lipinski definition) is 4. The Morgan fingerprint density at radius 3 is 2.55 bits per heavy atom. The molecule has 1 heterocycles. The standard InChI is InChI=1S/C23H28N2O4/c1-16(18-7-5-4-6-8-18)24-23(27)19-14-22(26)25(15-19)12-11-17-9-10-20(28-2)21(13-17)29-3/h4-10,13,16,19H,11-12,14-15H2,1-3H3,(H,24,27). The molecular weight excluding hydrogens is 368 g/mol. The predicted octanol–water partition coefficient (Wildman–Crippen LogP) is 2.97. The van der Waals surface area contributed by atoms with Gasteiger partial charge in [0.15, 0.2) is 11.5 Å². The van der Waals surface area contributed by atoms with Gasteiger partial charge < -0.3 is 19.7 Å². The Morgan fingerprint density at radius 1 is 1.14 bits per heavy atom. The molecule has 6 nitrogen and oxygen atoms in total. The number of rotatable bonds is 8. The number of ether oxygens (including phenoxy) is 2. The van der Waals surface area contributed by atoms with Gasteiger partial charge >= 0.3 is 0 Å². The fourth-order valence-corrected chi connectivity index (χ4v) is 3.62. The van der Waals surface area contributed by atoms with Crippen molar-refractivity contribution in [2.24, 2.45) is 5.92 Å². The highest BCUT2D eigenvalue weighted by Gasteiger charge is 2.34. The van der Waals surface area contributed by atoms with Crippen molar-refractivity contribution in [2.75, 3.05) is 27.3 Å². The molecule has 3 rings (SSSR count). The summed E-state index contributed by atoms with van der Waals surface area (Å²) in [6.07, 6.45) is 0.958. The van der Waals surface area contributed by atoms with Crippen molar-refractivity contribution in [3.63, 3.8) is 0 Å². The fraction of sp³-hybridized carbons (Fsp3) is 0.391. The van der Waals surface area contributed by atoms with Crippen LogP contribution in [0.3, 0.4) is 0 Å². The van der Waals surface area contributed by atoms with E-state index in [4.69, 9.17) is 9.47 Å². The van der Waals surface area contributed by atoms with Crippen LogP contribution in [0.2, 0.25) is 0 Å². The molecule has 0 radical (unpaired) electrons. The largest absolute Gasteiger partial charge is 0.493 e. The Kier molecular flexibility index (Phi) is 6.75. The number of nitrogens with one attached hydrogen (secondary N) is 1. The van der Waals surface area contributed by atoms with E-state index in [0.717, 1.165) is 11.1 Å². The molecule has 1 aliphatic heterocycles. The summed E-state index contributed by atoms with van der Waals surface area (Å²) in [6.45, 7) is 2.99. The van der Waals surface area contributed by atoms with Crippen molar-refractivity contribution in [1.82, 2.24) is 10.2 Å². The van der Waals surface area contributed by atoms with Crippen molar-refractivity contribution in [2.45, 2.75) is 25.8 Å². The van der Waals surface area contributed by atoms with E-state index in [1.807, 2.05) is 55.5 Å². The molecule has 29 heavy (non-hydrogen) atoms. The van der Waals surface area contributed by atoms with Gasteiger partial charge in [0.1, 0.15) is 0 Å². The Hall–Kier alpha value is -3.02. The second-order valence-electron chi connectivity index (χ2n) is 7.32. The number of amides is 2. The maximum absolute atomic E-state index is 12.6. The van der Waals surface area contributed by atoms with Crippen LogP contribution in [-0.2, 0) is 16.0 Å². The van der Waals surface area contributed by atoms with Crippen LogP contribution in [0.25, 0.3) is 0 Å². The molecule has 1 fully saturated rings. The minimum absolute atomic E-state index is 0.0259. The topological polar surface area (TPSA) is 67.9 Å². The molecule has 2 aromatic carbocycles. The lowest BCUT2D eigenvalue weighted by Crippen LogP contribution is -2.35. The SMILES string of the molecule is COc1ccc(CCN2CC(C(=O)NC(C)c3ccccc3)CC2=O)cc1OC. The molecule has 6 heteroatoms. The molecule has 2 unspecified atom stereocenters. The van der Waals surface area contributed by atoms with Gasteiger partial charge in [-0.15, -0.1) is 0 Å². The third-order valence-electron chi connectivity index (χ3n) is 5.36. The average molecular weight is 396 g/mol. The molecule has 0 saturated carbocycles. The maximum atomic E-state index is 12.6. The third-order valence-corrected chi connectivity index (χ3v) is 5.36. The summed E-state index contributed by atoms with van der Waals surface area (Å²) in [7, 11) is 3.20. The number of carbonyl (C=O) groups is 2. The lowest BCUT2D eigenvalue weighted by molar-refractivity contribution is -0.129. The third kappa shape index (κ3) is 5.08. The quantitative estimate of drug-likeness (QED) is 0.745. The van der Waals surface area contributed by atoms with Crippen LogP contribution in [0.5, 0.6) is 11.5 Å². The van der Waals surface area contributed by atoms with Crippen LogP contribution in [0.1, 0.15) is 30.5 Å². The Balaban J connectivity index is 1.54. The average Bonchev–Trinajstić information content (AvgIpc) is 3.13. The maximum Gasteiger partial charge on any atom is 0.225 e. The van der Waals surface area contributed by atoms with Crippen molar-refractivity contribution >= 4 is 11.8 Å². The molecular formula is C23H28N2O4. The van der Waals surface area contributed by atoms with E-state index in [9.17, 15) is 9.59 Å². The molecule has 1 N–H and O–H groups in total. The highest BCUT2D eigenvalue weighted by atomic mass is 16.5. The minimum atomic E-state index is -0.306. The lowest BCUT2D eigenvalue weighted by atomic mass is 10.1. The number of carbonyl (C=O) groups excluding carboxylic acids is 2. The summed E-state index contributed by atoms with van der Waals surface area (Å²) in [4.78, 5) is 26.8. The van der Waals surface area contributed by atoms with Gasteiger partial charge in [-0.05, 0) is 36.6 Å². The Bertz CT molecular complexity index is 853. The zero-order chi connectivity index (χ0) is 20.8. The van der Waals surface area contributed by atoms with Gasteiger partial charge in [-0.25, -0.2) is 0 Å². The molecule has 0 spiro atoms. The van der Waals surface area contributed by atoms with E-state index >= 15 is 0 Å². The number of hydrogen-bond donors (Lipinski definition) is 1. The number of methoxy groups -OCH3 is 2. The highest BCUT2D eigenvalue weighted by Crippen LogP contribution is 2.28. The first kappa shape index (κ1) is 20.7. The van der Waals surface area contributed by atoms with Crippen LogP contribution in [0, 0.1) is 5.92 Å². The van der Waals surface area contributed by atoms with Gasteiger partial charge in [-0.3, -0.25) is 9.59 Å². The van der Waals surface area contributed by atoms with Crippen LogP contribution in [0.15, 0.2) is 48.5 Å². The monoisotopic (exact) mass is 396 g/mol. The van der Waals surface area contributed by atoms with Crippen molar-refractivity contribution in [3.8, 4) is 11.5 Å². The van der Waals surface area contributed by atoms with Crippen LogP contribution in [-0.4, -0.2) is 44.0 Å². The fourth-order valence-electron chi connectivity index (χ4n) is 3.62. The summed E-state index contributed by atoms with van der Waals surface area (Å²) in [5, 5.41) is 3.03. The number of likely N-dealkylation sites (tertiary alicyclic amines) is 1. The molecule has 2 amide bonds. The van der Waals surface area contributed by atoms with Crippen molar-refractivity contribution in [3.05, 3.63) is 59.7 Å². The van der Waals surface area contributed by atoms with Crippen molar-refractivity contribution < 1.29 is 19.1 Å². The van der Waals surface area contributed by atoms with Crippen LogP contribution < -0.4 is 14.8 Å². The van der Waals surface area contributed by atoms with Gasteiger partial charge in [-0.2, -0.15) is 0 Å². The van der Waals surface area contributed by atoms with E-state index in [2.05, 4.69) is 5.32 Å². The van der Waals surface area contributed by atoms with Gasteiger partial charge in [0, 0.05) is 19.5 Å². The number of benzene rings is 2. The summed E-state index contributed by atoms with van der Waals surface area (Å²) in [5.41, 5.74) is 2.11. The molecule has 2 aromatic rings. The second kappa shape index (κ2) is 9.45. The molecule has 154 valence electrons. The molecule has 0 aromatic heterocycles. The first-order valence-electron chi connectivity index (χ1n) is 9.85. The van der Waals surface area contributed by atoms with Crippen LogP contribution in [0.4, 0.5) is 0 Å². The summed E-state index contributed by atoms with van der Waals surface area (Å²) < 4.78 is 10.6. The zero-order valence-electron chi connectivity index (χ0n) is 17.2. The van der Waals surface area contributed by atoms with E-state index in [0.29, 0.717) is 31.0 Å². The minimum Gasteiger partial charge on any atom is -0.493 e.